The lowest BCUT2D eigenvalue weighted by atomic mass is 9.33. The molecule has 0 bridgehead atoms. The maximum Gasteiger partial charge on any atom is 0.252 e. The van der Waals surface area contributed by atoms with Crippen LogP contribution in [0.5, 0.6) is 23.0 Å². The highest BCUT2D eigenvalue weighted by molar-refractivity contribution is 7.00. The number of nitrogens with zero attached hydrogens (tertiary/aromatic N) is 4. The SMILES string of the molecule is c1ccc(N2c3ccccc3Oc3cc(-c4ccc5c(c4)N(c4ccccc4)c4cccc6c4B5c4ccc(-c5ccc7c(c5)Oc5ccccc5N7c5ccccc5)cc4N6c4ccccc4)ccc32)cc1. The van der Waals surface area contributed by atoms with Crippen LogP contribution < -0.4 is 45.5 Å². The predicted molar refractivity (Wildman–Crippen MR) is 301 cm³/mol. The summed E-state index contributed by atoms with van der Waals surface area (Å²) >= 11 is 0. The van der Waals surface area contributed by atoms with E-state index in [0.29, 0.717) is 0 Å². The van der Waals surface area contributed by atoms with Crippen LogP contribution in [-0.4, -0.2) is 6.71 Å². The molecule has 0 unspecified atom stereocenters. The van der Waals surface area contributed by atoms with Crippen molar-refractivity contribution in [2.75, 3.05) is 19.6 Å². The lowest BCUT2D eigenvalue weighted by Crippen LogP contribution is -2.61. The Balaban J connectivity index is 0.885. The molecule has 6 nitrogen and oxygen atoms in total. The van der Waals surface area contributed by atoms with Gasteiger partial charge in [-0.3, -0.25) is 0 Å². The summed E-state index contributed by atoms with van der Waals surface area (Å²) in [5, 5.41) is 0. The molecule has 0 aromatic heterocycles. The van der Waals surface area contributed by atoms with Crippen molar-refractivity contribution in [1.82, 2.24) is 0 Å². The number of benzene rings is 11. The fourth-order valence-corrected chi connectivity index (χ4v) is 11.6. The zero-order valence-corrected chi connectivity index (χ0v) is 39.5. The van der Waals surface area contributed by atoms with Gasteiger partial charge in [-0.15, -0.1) is 0 Å². The van der Waals surface area contributed by atoms with Crippen LogP contribution in [0.4, 0.5) is 68.2 Å². The molecule has 0 spiro atoms. The summed E-state index contributed by atoms with van der Waals surface area (Å²) < 4.78 is 13.4. The molecule has 0 radical (unpaired) electrons. The van der Waals surface area contributed by atoms with Crippen LogP contribution in [-0.2, 0) is 0 Å². The third kappa shape index (κ3) is 6.52. The normalized spacial score (nSPS) is 13.3. The summed E-state index contributed by atoms with van der Waals surface area (Å²) in [6, 6.07) is 93.3. The van der Waals surface area contributed by atoms with Crippen molar-refractivity contribution in [2.24, 2.45) is 0 Å². The average Bonchev–Trinajstić information content (AvgIpc) is 3.46. The van der Waals surface area contributed by atoms with Crippen LogP contribution >= 0.6 is 0 Å². The van der Waals surface area contributed by atoms with E-state index >= 15 is 0 Å². The van der Waals surface area contributed by atoms with E-state index in [4.69, 9.17) is 9.47 Å². The van der Waals surface area contributed by atoms with Crippen molar-refractivity contribution in [2.45, 2.75) is 0 Å². The first-order chi connectivity index (χ1) is 36.2. The zero-order chi connectivity index (χ0) is 48.0. The molecule has 15 rings (SSSR count). The maximum atomic E-state index is 6.72. The second kappa shape index (κ2) is 16.4. The Labute approximate surface area is 424 Å². The Morgan fingerprint density at radius 3 is 0.959 bits per heavy atom. The number of ether oxygens (including phenoxy) is 2. The molecule has 4 aliphatic rings. The lowest BCUT2D eigenvalue weighted by molar-refractivity contribution is 0.477. The molecular weight excluding hydrogens is 892 g/mol. The molecule has 0 fully saturated rings. The molecule has 0 aliphatic carbocycles. The average molecular weight is 935 g/mol. The van der Waals surface area contributed by atoms with Crippen molar-refractivity contribution in [3.05, 3.63) is 261 Å². The number of fused-ring (bicyclic) bond motifs is 8. The molecule has 11 aromatic rings. The Hall–Kier alpha value is -9.72. The lowest BCUT2D eigenvalue weighted by Gasteiger charge is -2.44. The van der Waals surface area contributed by atoms with E-state index in [-0.39, 0.29) is 6.71 Å². The Bertz CT molecular complexity index is 3710. The van der Waals surface area contributed by atoms with E-state index in [1.165, 1.54) is 16.4 Å². The topological polar surface area (TPSA) is 31.4 Å². The summed E-state index contributed by atoms with van der Waals surface area (Å²) in [5.74, 6) is 3.28. The third-order valence-corrected chi connectivity index (χ3v) is 14.8. The van der Waals surface area contributed by atoms with Crippen LogP contribution in [0.2, 0.25) is 0 Å². The molecule has 4 heterocycles. The maximum absolute atomic E-state index is 6.72. The van der Waals surface area contributed by atoms with E-state index in [0.717, 1.165) is 114 Å². The molecule has 0 atom stereocenters. The highest BCUT2D eigenvalue weighted by Gasteiger charge is 2.43. The van der Waals surface area contributed by atoms with E-state index in [2.05, 4.69) is 256 Å². The van der Waals surface area contributed by atoms with E-state index in [1.807, 2.05) is 24.3 Å². The van der Waals surface area contributed by atoms with Crippen molar-refractivity contribution in [1.29, 1.82) is 0 Å². The standard InChI is InChI=1S/C66H43BN4O2/c1-5-18-48(19-6-1)68-54-26-13-15-30-62(54)72-64-42-46(34-38-56(64)68)44-32-36-52-60(40-44)70(50-22-9-3-10-23-50)58-28-17-29-59-66(58)67(52)53-37-33-45(41-61(53)71(59)51-24-11-4-12-25-51)47-35-39-57-65(43-47)73-63-31-16-14-27-55(63)69(57)49-20-7-2-8-21-49/h1-43H. The van der Waals surface area contributed by atoms with Gasteiger partial charge in [-0.1, -0.05) is 140 Å². The summed E-state index contributed by atoms with van der Waals surface area (Å²) in [6.45, 7) is -0.0511. The predicted octanol–water partition coefficient (Wildman–Crippen LogP) is 16.3. The van der Waals surface area contributed by atoms with Gasteiger partial charge in [-0.25, -0.2) is 0 Å². The minimum Gasteiger partial charge on any atom is -0.453 e. The highest BCUT2D eigenvalue weighted by atomic mass is 16.5. The summed E-state index contributed by atoms with van der Waals surface area (Å²) in [7, 11) is 0. The van der Waals surface area contributed by atoms with Crippen LogP contribution in [0.1, 0.15) is 0 Å². The number of anilines is 12. The van der Waals surface area contributed by atoms with Crippen LogP contribution in [0, 0.1) is 0 Å². The van der Waals surface area contributed by atoms with Gasteiger partial charge in [0, 0.05) is 45.5 Å². The molecule has 0 saturated carbocycles. The Kier molecular flexibility index (Phi) is 9.26. The molecule has 73 heavy (non-hydrogen) atoms. The van der Waals surface area contributed by atoms with Gasteiger partial charge < -0.3 is 29.1 Å². The fourth-order valence-electron chi connectivity index (χ4n) is 11.6. The van der Waals surface area contributed by atoms with Crippen molar-refractivity contribution in [3.8, 4) is 45.3 Å². The van der Waals surface area contributed by atoms with E-state index in [9.17, 15) is 0 Å². The zero-order valence-electron chi connectivity index (χ0n) is 39.5. The third-order valence-electron chi connectivity index (χ3n) is 14.8. The summed E-state index contributed by atoms with van der Waals surface area (Å²) in [4.78, 5) is 9.50. The van der Waals surface area contributed by atoms with Gasteiger partial charge in [0.2, 0.25) is 0 Å². The van der Waals surface area contributed by atoms with Crippen molar-refractivity contribution >= 4 is 91.3 Å². The minimum atomic E-state index is -0.0511. The van der Waals surface area contributed by atoms with Crippen molar-refractivity contribution in [3.63, 3.8) is 0 Å². The van der Waals surface area contributed by atoms with Gasteiger partial charge in [0.15, 0.2) is 23.0 Å². The molecule has 0 N–H and O–H groups in total. The molecule has 4 aliphatic heterocycles. The van der Waals surface area contributed by atoms with Gasteiger partial charge in [0.25, 0.3) is 6.71 Å². The van der Waals surface area contributed by atoms with Gasteiger partial charge in [-0.05, 0) is 160 Å². The quantitative estimate of drug-likeness (QED) is 0.154. The Morgan fingerprint density at radius 1 is 0.233 bits per heavy atom. The van der Waals surface area contributed by atoms with Crippen LogP contribution in [0.3, 0.4) is 0 Å². The summed E-state index contributed by atoms with van der Waals surface area (Å²) in [6.07, 6.45) is 0. The van der Waals surface area contributed by atoms with Gasteiger partial charge in [-0.2, -0.15) is 0 Å². The number of hydrogen-bond acceptors (Lipinski definition) is 6. The molecular formula is C66H43BN4O2. The van der Waals surface area contributed by atoms with Crippen LogP contribution in [0.25, 0.3) is 22.3 Å². The number of rotatable bonds is 6. The van der Waals surface area contributed by atoms with E-state index < -0.39 is 0 Å². The Morgan fingerprint density at radius 2 is 0.548 bits per heavy atom. The monoisotopic (exact) mass is 934 g/mol. The fraction of sp³-hybridized carbons (Fsp3) is 0. The first kappa shape index (κ1) is 41.1. The molecule has 342 valence electrons. The second-order valence-corrected chi connectivity index (χ2v) is 18.9. The van der Waals surface area contributed by atoms with Crippen LogP contribution in [0.15, 0.2) is 261 Å². The first-order valence-corrected chi connectivity index (χ1v) is 24.9. The first-order valence-electron chi connectivity index (χ1n) is 24.9. The van der Waals surface area contributed by atoms with Crippen molar-refractivity contribution < 1.29 is 9.47 Å². The molecule has 11 aromatic carbocycles. The van der Waals surface area contributed by atoms with Gasteiger partial charge >= 0.3 is 0 Å². The highest BCUT2D eigenvalue weighted by Crippen LogP contribution is 2.54. The van der Waals surface area contributed by atoms with Gasteiger partial charge in [0.05, 0.1) is 22.7 Å². The minimum absolute atomic E-state index is 0.0511. The number of para-hydroxylation sites is 8. The molecule has 0 saturated heterocycles. The van der Waals surface area contributed by atoms with E-state index in [1.54, 1.807) is 0 Å². The largest absolute Gasteiger partial charge is 0.453 e. The van der Waals surface area contributed by atoms with Gasteiger partial charge in [0.1, 0.15) is 0 Å². The summed E-state index contributed by atoms with van der Waals surface area (Å²) in [5.41, 5.74) is 21.2. The second-order valence-electron chi connectivity index (χ2n) is 18.9. The number of hydrogen-bond donors (Lipinski definition) is 0. The molecule has 0 amide bonds. The smallest absolute Gasteiger partial charge is 0.252 e. The molecule has 7 heteroatoms.